The summed E-state index contributed by atoms with van der Waals surface area (Å²) in [6.45, 7) is 6.06. The summed E-state index contributed by atoms with van der Waals surface area (Å²) >= 11 is 4.17. The smallest absolute Gasteiger partial charge is 0.258 e. The van der Waals surface area contributed by atoms with Gasteiger partial charge in [-0.25, -0.2) is 0 Å². The fourth-order valence-corrected chi connectivity index (χ4v) is 5.76. The predicted molar refractivity (Wildman–Crippen MR) is 150 cm³/mol. The minimum Gasteiger partial charge on any atom is -0.484 e. The number of amides is 2. The van der Waals surface area contributed by atoms with Crippen LogP contribution in [0.15, 0.2) is 58.0 Å². The van der Waals surface area contributed by atoms with E-state index in [4.69, 9.17) is 4.74 Å². The van der Waals surface area contributed by atoms with E-state index in [0.29, 0.717) is 21.9 Å². The van der Waals surface area contributed by atoms with Gasteiger partial charge in [0.05, 0.1) is 18.0 Å². The van der Waals surface area contributed by atoms with Crippen molar-refractivity contribution in [2.24, 2.45) is 0 Å². The lowest BCUT2D eigenvalue weighted by molar-refractivity contribution is -0.123. The number of aromatic nitrogens is 5. The molecule has 0 aliphatic heterocycles. The number of carbonyl (C=O) groups is 2. The second-order valence-electron chi connectivity index (χ2n) is 8.05. The molecule has 0 atom stereocenters. The van der Waals surface area contributed by atoms with Crippen molar-refractivity contribution in [3.63, 3.8) is 0 Å². The van der Waals surface area contributed by atoms with Crippen LogP contribution in [0.5, 0.6) is 5.75 Å². The number of nitrogens with zero attached hydrogens (tertiary/aromatic N) is 5. The van der Waals surface area contributed by atoms with Gasteiger partial charge in [0.15, 0.2) is 21.9 Å². The normalized spacial score (nSPS) is 10.8. The highest BCUT2D eigenvalue weighted by Gasteiger charge is 2.19. The Hall–Kier alpha value is -3.42. The monoisotopic (exact) mass is 569 g/mol. The molecule has 0 spiro atoms. The molecule has 2 aromatic carbocycles. The Morgan fingerprint density at radius 1 is 1.00 bits per heavy atom. The lowest BCUT2D eigenvalue weighted by atomic mass is 10.1. The van der Waals surface area contributed by atoms with Gasteiger partial charge in [0.2, 0.25) is 11.0 Å². The van der Waals surface area contributed by atoms with Gasteiger partial charge in [-0.1, -0.05) is 72.1 Å². The second kappa shape index (κ2) is 13.4. The van der Waals surface area contributed by atoms with Gasteiger partial charge in [0, 0.05) is 0 Å². The van der Waals surface area contributed by atoms with E-state index in [1.807, 2.05) is 61.7 Å². The van der Waals surface area contributed by atoms with Gasteiger partial charge < -0.3 is 10.1 Å². The summed E-state index contributed by atoms with van der Waals surface area (Å²) in [4.78, 5) is 25.0. The molecule has 0 saturated heterocycles. The Kier molecular flexibility index (Phi) is 9.73. The van der Waals surface area contributed by atoms with Crippen LogP contribution >= 0.6 is 34.9 Å². The van der Waals surface area contributed by atoms with Crippen LogP contribution in [0.4, 0.5) is 5.13 Å². The molecule has 10 nitrogen and oxygen atoms in total. The Balaban J connectivity index is 1.44. The van der Waals surface area contributed by atoms with E-state index >= 15 is 0 Å². The van der Waals surface area contributed by atoms with Crippen LogP contribution in [-0.2, 0) is 16.1 Å². The van der Waals surface area contributed by atoms with Crippen molar-refractivity contribution in [2.45, 2.75) is 36.8 Å². The molecule has 0 unspecified atom stereocenters. The van der Waals surface area contributed by atoms with Gasteiger partial charge in [-0.2, -0.15) is 0 Å². The molecule has 2 amide bonds. The number of ether oxygens (including phenoxy) is 1. The third kappa shape index (κ3) is 7.55. The number of benzene rings is 2. The van der Waals surface area contributed by atoms with Crippen molar-refractivity contribution < 1.29 is 14.3 Å². The van der Waals surface area contributed by atoms with Crippen LogP contribution in [0.2, 0.25) is 0 Å². The van der Waals surface area contributed by atoms with Crippen LogP contribution in [0.25, 0.3) is 5.69 Å². The third-order valence-electron chi connectivity index (χ3n) is 5.12. The Morgan fingerprint density at radius 2 is 1.82 bits per heavy atom. The Bertz CT molecular complexity index is 1390. The van der Waals surface area contributed by atoms with Crippen molar-refractivity contribution in [1.29, 1.82) is 0 Å². The highest BCUT2D eigenvalue weighted by molar-refractivity contribution is 8.01. The minimum atomic E-state index is -0.282. The molecule has 0 fully saturated rings. The molecule has 0 aliphatic rings. The van der Waals surface area contributed by atoms with Crippen LogP contribution in [0, 0.1) is 13.8 Å². The molecule has 0 aliphatic carbocycles. The highest BCUT2D eigenvalue weighted by atomic mass is 32.2. The summed E-state index contributed by atoms with van der Waals surface area (Å²) in [5.41, 5.74) is 2.96. The van der Waals surface area contributed by atoms with E-state index in [-0.39, 0.29) is 30.7 Å². The number of para-hydroxylation sites is 1. The van der Waals surface area contributed by atoms with Gasteiger partial charge in [0.1, 0.15) is 5.75 Å². The average molecular weight is 570 g/mol. The van der Waals surface area contributed by atoms with Crippen molar-refractivity contribution in [3.05, 3.63) is 65.5 Å². The summed E-state index contributed by atoms with van der Waals surface area (Å²) in [6, 6.07) is 15.2. The number of aryl methyl sites for hydroxylation is 2. The van der Waals surface area contributed by atoms with Gasteiger partial charge >= 0.3 is 0 Å². The number of hydrogen-bond acceptors (Lipinski definition) is 10. The van der Waals surface area contributed by atoms with E-state index < -0.39 is 0 Å². The first-order valence-electron chi connectivity index (χ1n) is 11.8. The molecule has 2 heterocycles. The quantitative estimate of drug-likeness (QED) is 0.190. The zero-order chi connectivity index (χ0) is 26.9. The number of nitrogens with one attached hydrogen (secondary N) is 2. The molecule has 4 aromatic rings. The number of carbonyl (C=O) groups excluding carboxylic acids is 2. The second-order valence-corrected chi connectivity index (χ2v) is 11.5. The van der Waals surface area contributed by atoms with Gasteiger partial charge in [-0.3, -0.25) is 19.5 Å². The Morgan fingerprint density at radius 3 is 2.61 bits per heavy atom. The average Bonchev–Trinajstić information content (AvgIpc) is 3.53. The molecular formula is C25H27N7O3S3. The molecular weight excluding hydrogens is 543 g/mol. The number of rotatable bonds is 12. The SMILES string of the molecule is CCSc1nnc(NC(=O)CSc2nnc(CNC(=O)COc3ccccc3)n2-c2cc(C)ccc2C)s1. The fourth-order valence-electron chi connectivity index (χ4n) is 3.33. The topological polar surface area (TPSA) is 124 Å². The minimum absolute atomic E-state index is 0.107. The summed E-state index contributed by atoms with van der Waals surface area (Å²) in [5.74, 6) is 1.65. The van der Waals surface area contributed by atoms with Gasteiger partial charge in [0.25, 0.3) is 5.91 Å². The fraction of sp³-hybridized carbons (Fsp3) is 0.280. The summed E-state index contributed by atoms with van der Waals surface area (Å²) < 4.78 is 8.21. The van der Waals surface area contributed by atoms with E-state index in [2.05, 4.69) is 31.0 Å². The van der Waals surface area contributed by atoms with Gasteiger partial charge in [-0.05, 0) is 48.9 Å². The van der Waals surface area contributed by atoms with Crippen LogP contribution in [-0.4, -0.2) is 54.9 Å². The lowest BCUT2D eigenvalue weighted by Crippen LogP contribution is -2.29. The number of anilines is 1. The van der Waals surface area contributed by atoms with Crippen molar-refractivity contribution in [1.82, 2.24) is 30.3 Å². The molecule has 198 valence electrons. The zero-order valence-corrected chi connectivity index (χ0v) is 23.6. The van der Waals surface area contributed by atoms with E-state index in [1.165, 1.54) is 23.1 Å². The maximum atomic E-state index is 12.6. The first-order chi connectivity index (χ1) is 18.4. The molecule has 38 heavy (non-hydrogen) atoms. The molecule has 0 saturated carbocycles. The summed E-state index contributed by atoms with van der Waals surface area (Å²) in [7, 11) is 0. The molecule has 4 rings (SSSR count). The summed E-state index contributed by atoms with van der Waals surface area (Å²) in [6.07, 6.45) is 0. The van der Waals surface area contributed by atoms with Crippen molar-refractivity contribution in [2.75, 3.05) is 23.4 Å². The molecule has 2 N–H and O–H groups in total. The van der Waals surface area contributed by atoms with Gasteiger partial charge in [-0.15, -0.1) is 20.4 Å². The van der Waals surface area contributed by atoms with E-state index in [9.17, 15) is 9.59 Å². The largest absolute Gasteiger partial charge is 0.484 e. The molecule has 13 heteroatoms. The predicted octanol–water partition coefficient (Wildman–Crippen LogP) is 4.27. The molecule has 0 radical (unpaired) electrons. The maximum Gasteiger partial charge on any atom is 0.258 e. The van der Waals surface area contributed by atoms with E-state index in [1.54, 1.807) is 23.9 Å². The van der Waals surface area contributed by atoms with Crippen molar-refractivity contribution >= 4 is 51.8 Å². The van der Waals surface area contributed by atoms with Crippen LogP contribution < -0.4 is 15.4 Å². The standard InChI is InChI=1S/C25H27N7O3S3/c1-4-36-25-31-29-23(38-25)27-22(34)15-37-24-30-28-20(32(24)19-12-16(2)10-11-17(19)3)13-26-21(33)14-35-18-8-6-5-7-9-18/h5-12H,4,13-15H2,1-3H3,(H,26,33)(H,27,29,34). The van der Waals surface area contributed by atoms with Crippen LogP contribution in [0.3, 0.4) is 0 Å². The zero-order valence-electron chi connectivity index (χ0n) is 21.1. The third-order valence-corrected chi connectivity index (χ3v) is 7.90. The molecule has 2 aromatic heterocycles. The maximum absolute atomic E-state index is 12.6. The highest BCUT2D eigenvalue weighted by Crippen LogP contribution is 2.27. The van der Waals surface area contributed by atoms with E-state index in [0.717, 1.165) is 26.9 Å². The first kappa shape index (κ1) is 27.6. The lowest BCUT2D eigenvalue weighted by Gasteiger charge is -2.14. The Labute approximate surface area is 233 Å². The molecule has 0 bridgehead atoms. The first-order valence-corrected chi connectivity index (χ1v) is 14.6. The van der Waals surface area contributed by atoms with Crippen LogP contribution in [0.1, 0.15) is 23.9 Å². The number of hydrogen-bond donors (Lipinski definition) is 2. The summed E-state index contributed by atoms with van der Waals surface area (Å²) in [5, 5.41) is 23.4. The number of thioether (sulfide) groups is 2. The van der Waals surface area contributed by atoms with Crippen molar-refractivity contribution in [3.8, 4) is 11.4 Å².